The van der Waals surface area contributed by atoms with E-state index in [2.05, 4.69) is 20.8 Å². The zero-order chi connectivity index (χ0) is 26.5. The molecule has 0 saturated heterocycles. The van der Waals surface area contributed by atoms with E-state index in [-0.39, 0.29) is 35.2 Å². The van der Waals surface area contributed by atoms with Crippen LogP contribution in [0.3, 0.4) is 0 Å². The lowest BCUT2D eigenvalue weighted by atomic mass is 9.59. The SMILES string of the molecule is CCCCC/C=C/C=C/C(=O)OCC1=C[C@@H]2C(=O)[C@]3(C=C(C)[C@H](O)[C@@]3(O)[C@@H]1O)[C@H](C)CC1C2C1(C)C. The van der Waals surface area contributed by atoms with Gasteiger partial charge in [-0.3, -0.25) is 4.79 Å². The van der Waals surface area contributed by atoms with Crippen molar-refractivity contribution >= 4 is 11.8 Å². The summed E-state index contributed by atoms with van der Waals surface area (Å²) in [6.45, 7) is 9.84. The molecule has 2 saturated carbocycles. The first-order valence-corrected chi connectivity index (χ1v) is 13.5. The number of hydrogen-bond acceptors (Lipinski definition) is 6. The Labute approximate surface area is 214 Å². The number of ketones is 1. The van der Waals surface area contributed by atoms with Crippen LogP contribution < -0.4 is 0 Å². The fourth-order valence-corrected chi connectivity index (χ4v) is 7.44. The smallest absolute Gasteiger partial charge is 0.331 e. The van der Waals surface area contributed by atoms with Crippen LogP contribution in [0.15, 0.2) is 47.6 Å². The summed E-state index contributed by atoms with van der Waals surface area (Å²) < 4.78 is 5.44. The van der Waals surface area contributed by atoms with Crippen molar-refractivity contribution in [2.24, 2.45) is 34.5 Å². The van der Waals surface area contributed by atoms with Gasteiger partial charge in [-0.15, -0.1) is 0 Å². The maximum atomic E-state index is 14.2. The maximum absolute atomic E-state index is 14.2. The second kappa shape index (κ2) is 9.70. The van der Waals surface area contributed by atoms with Crippen LogP contribution in [0.1, 0.15) is 66.7 Å². The molecule has 8 atom stereocenters. The van der Waals surface area contributed by atoms with Gasteiger partial charge in [-0.05, 0) is 60.5 Å². The summed E-state index contributed by atoms with van der Waals surface area (Å²) in [7, 11) is 0. The Morgan fingerprint density at radius 3 is 2.61 bits per heavy atom. The molecule has 3 N–H and O–H groups in total. The molecular weight excluding hydrogens is 456 g/mol. The highest BCUT2D eigenvalue weighted by molar-refractivity contribution is 5.95. The largest absolute Gasteiger partial charge is 0.458 e. The van der Waals surface area contributed by atoms with Crippen molar-refractivity contribution in [3.05, 3.63) is 47.6 Å². The van der Waals surface area contributed by atoms with Crippen LogP contribution in [0.25, 0.3) is 0 Å². The summed E-state index contributed by atoms with van der Waals surface area (Å²) in [5.74, 6) is -1.13. The van der Waals surface area contributed by atoms with Crippen molar-refractivity contribution in [2.45, 2.75) is 84.5 Å². The van der Waals surface area contributed by atoms with Crippen molar-refractivity contribution < 1.29 is 29.6 Å². The summed E-state index contributed by atoms with van der Waals surface area (Å²) in [5, 5.41) is 34.6. The van der Waals surface area contributed by atoms with E-state index in [9.17, 15) is 24.9 Å². The van der Waals surface area contributed by atoms with Crippen LogP contribution in [0.4, 0.5) is 0 Å². The van der Waals surface area contributed by atoms with E-state index in [4.69, 9.17) is 4.74 Å². The summed E-state index contributed by atoms with van der Waals surface area (Å²) in [4.78, 5) is 26.6. The van der Waals surface area contributed by atoms with Gasteiger partial charge in [0.25, 0.3) is 0 Å². The van der Waals surface area contributed by atoms with Gasteiger partial charge in [0, 0.05) is 12.0 Å². The van der Waals surface area contributed by atoms with Crippen molar-refractivity contribution in [1.29, 1.82) is 0 Å². The van der Waals surface area contributed by atoms with Crippen molar-refractivity contribution in [3.63, 3.8) is 0 Å². The van der Waals surface area contributed by atoms with Gasteiger partial charge < -0.3 is 20.1 Å². The molecule has 1 spiro atoms. The number of unbranched alkanes of at least 4 members (excludes halogenated alkanes) is 3. The molecule has 0 aliphatic heterocycles. The molecule has 2 fully saturated rings. The van der Waals surface area contributed by atoms with Crippen LogP contribution in [-0.2, 0) is 14.3 Å². The molecule has 4 aliphatic rings. The number of Topliss-reactive ketones (excluding diaryl/α,β-unsaturated/α-hetero) is 1. The third kappa shape index (κ3) is 3.97. The van der Waals surface area contributed by atoms with E-state index in [1.807, 2.05) is 19.1 Å². The Hall–Kier alpha value is -2.02. The number of aliphatic hydroxyl groups excluding tert-OH is 2. The van der Waals surface area contributed by atoms with Crippen LogP contribution in [0.2, 0.25) is 0 Å². The molecule has 0 aromatic heterocycles. The highest BCUT2D eigenvalue weighted by atomic mass is 16.5. The van der Waals surface area contributed by atoms with E-state index in [1.54, 1.807) is 25.2 Å². The number of rotatable bonds is 8. The average molecular weight is 499 g/mol. The number of carbonyl (C=O) groups excluding carboxylic acids is 2. The normalized spacial score (nSPS) is 40.8. The first-order chi connectivity index (χ1) is 16.9. The number of aliphatic hydroxyl groups is 3. The number of esters is 1. The standard InChI is InChI=1S/C30H42O6/c1-6-7-8-9-10-11-12-13-23(31)36-17-20-15-21-24-22(28(24,4)5)14-19(3)29(27(21)34)16-18(2)25(32)30(29,35)26(20)33/h10-13,15-16,19,21-22,24-26,32-33,35H,6-9,14,17H2,1-5H3/b11-10+,13-12+/t19-,21+,22?,24?,25+,26-,29+,30-/m1/s1. The molecule has 0 radical (unpaired) electrons. The van der Waals surface area contributed by atoms with Crippen molar-refractivity contribution in [3.8, 4) is 0 Å². The summed E-state index contributed by atoms with van der Waals surface area (Å²) in [6, 6.07) is 0. The zero-order valence-corrected chi connectivity index (χ0v) is 22.2. The van der Waals surface area contributed by atoms with Crippen molar-refractivity contribution in [2.75, 3.05) is 6.61 Å². The van der Waals surface area contributed by atoms with Gasteiger partial charge in [0.15, 0.2) is 5.78 Å². The molecule has 0 aromatic rings. The molecule has 0 amide bonds. The molecular formula is C30H42O6. The van der Waals surface area contributed by atoms with Crippen LogP contribution in [0, 0.1) is 34.5 Å². The van der Waals surface area contributed by atoms with E-state index in [0.29, 0.717) is 11.5 Å². The molecule has 2 bridgehead atoms. The number of ether oxygens (including phenoxy) is 1. The molecule has 6 heteroatoms. The number of fused-ring (bicyclic) bond motifs is 3. The fraction of sp³-hybridized carbons (Fsp3) is 0.667. The third-order valence-corrected chi connectivity index (χ3v) is 9.58. The summed E-state index contributed by atoms with van der Waals surface area (Å²) in [5.41, 5.74) is -2.79. The quantitative estimate of drug-likeness (QED) is 0.153. The summed E-state index contributed by atoms with van der Waals surface area (Å²) in [6.07, 6.45) is 12.4. The monoisotopic (exact) mass is 498 g/mol. The van der Waals surface area contributed by atoms with Gasteiger partial charge in [-0.25, -0.2) is 4.79 Å². The molecule has 198 valence electrons. The van der Waals surface area contributed by atoms with Gasteiger partial charge in [0.2, 0.25) is 0 Å². The first-order valence-electron chi connectivity index (χ1n) is 13.5. The highest BCUT2D eigenvalue weighted by Crippen LogP contribution is 2.71. The third-order valence-electron chi connectivity index (χ3n) is 9.58. The highest BCUT2D eigenvalue weighted by Gasteiger charge is 2.75. The van der Waals surface area contributed by atoms with Crippen LogP contribution >= 0.6 is 0 Å². The second-order valence-corrected chi connectivity index (χ2v) is 12.0. The number of allylic oxidation sites excluding steroid dienone is 4. The lowest BCUT2D eigenvalue weighted by Crippen LogP contribution is -2.65. The topological polar surface area (TPSA) is 104 Å². The molecule has 4 rings (SSSR count). The number of carbonyl (C=O) groups is 2. The molecule has 6 nitrogen and oxygen atoms in total. The van der Waals surface area contributed by atoms with E-state index >= 15 is 0 Å². The van der Waals surface area contributed by atoms with Crippen LogP contribution in [0.5, 0.6) is 0 Å². The van der Waals surface area contributed by atoms with Crippen molar-refractivity contribution in [1.82, 2.24) is 0 Å². The molecule has 0 aromatic carbocycles. The first kappa shape index (κ1) is 27.0. The summed E-state index contributed by atoms with van der Waals surface area (Å²) >= 11 is 0. The van der Waals surface area contributed by atoms with Gasteiger partial charge in [-0.1, -0.05) is 70.9 Å². The van der Waals surface area contributed by atoms with E-state index in [0.717, 1.165) is 25.7 Å². The molecule has 4 aliphatic carbocycles. The number of hydrogen-bond donors (Lipinski definition) is 3. The van der Waals surface area contributed by atoms with Gasteiger partial charge in [-0.2, -0.15) is 0 Å². The minimum absolute atomic E-state index is 0.0376. The van der Waals surface area contributed by atoms with Crippen LogP contribution in [-0.4, -0.2) is 51.5 Å². The Balaban J connectivity index is 1.59. The van der Waals surface area contributed by atoms with Gasteiger partial charge in [0.05, 0.1) is 5.41 Å². The predicted octanol–water partition coefficient (Wildman–Crippen LogP) is 4.06. The lowest BCUT2D eigenvalue weighted by Gasteiger charge is -2.48. The predicted molar refractivity (Wildman–Crippen MR) is 138 cm³/mol. The molecule has 0 heterocycles. The zero-order valence-electron chi connectivity index (χ0n) is 22.2. The average Bonchev–Trinajstić information content (AvgIpc) is 3.33. The maximum Gasteiger partial charge on any atom is 0.331 e. The van der Waals surface area contributed by atoms with E-state index < -0.39 is 35.1 Å². The molecule has 2 unspecified atom stereocenters. The Morgan fingerprint density at radius 2 is 1.92 bits per heavy atom. The Bertz CT molecular complexity index is 1020. The second-order valence-electron chi connectivity index (χ2n) is 12.0. The van der Waals surface area contributed by atoms with Gasteiger partial charge in [0.1, 0.15) is 24.4 Å². The minimum atomic E-state index is -2.11. The van der Waals surface area contributed by atoms with Gasteiger partial charge >= 0.3 is 5.97 Å². The van der Waals surface area contributed by atoms with E-state index in [1.165, 1.54) is 12.5 Å². The lowest BCUT2D eigenvalue weighted by molar-refractivity contribution is -0.190. The molecule has 36 heavy (non-hydrogen) atoms. The minimum Gasteiger partial charge on any atom is -0.458 e. The Morgan fingerprint density at radius 1 is 1.19 bits per heavy atom. The Kier molecular flexibility index (Phi) is 7.28. The fourth-order valence-electron chi connectivity index (χ4n) is 7.44.